The third-order valence-corrected chi connectivity index (χ3v) is 4.16. The number of aromatic nitrogens is 3. The summed E-state index contributed by atoms with van der Waals surface area (Å²) in [5.41, 5.74) is 3.66. The maximum absolute atomic E-state index is 6.35. The quantitative estimate of drug-likeness (QED) is 0.480. The Balaban J connectivity index is 2.20. The molecule has 0 bridgehead atoms. The predicted molar refractivity (Wildman–Crippen MR) is 89.1 cm³/mol. The van der Waals surface area contributed by atoms with Crippen LogP contribution in [0, 0.1) is 0 Å². The van der Waals surface area contributed by atoms with Crippen LogP contribution in [0.3, 0.4) is 0 Å². The molecule has 0 radical (unpaired) electrons. The molecule has 2 aromatic carbocycles. The average Bonchev–Trinajstić information content (AvgIpc) is 2.84. The first kappa shape index (κ1) is 12.8. The predicted octanol–water partition coefficient (Wildman–Crippen LogP) is 4.99. The van der Waals surface area contributed by atoms with Crippen LogP contribution >= 0.6 is 27.5 Å². The number of fused-ring (bicyclic) bond motifs is 3. The number of nitrogens with zero attached hydrogens (tertiary/aromatic N) is 3. The van der Waals surface area contributed by atoms with Gasteiger partial charge in [0.05, 0.1) is 17.2 Å². The molecule has 0 aliphatic heterocycles. The Bertz CT molecular complexity index is 964. The van der Waals surface area contributed by atoms with Crippen molar-refractivity contribution >= 4 is 49.5 Å². The van der Waals surface area contributed by atoms with Crippen molar-refractivity contribution in [2.45, 2.75) is 0 Å². The number of benzene rings is 2. The van der Waals surface area contributed by atoms with Gasteiger partial charge < -0.3 is 0 Å². The summed E-state index contributed by atoms with van der Waals surface area (Å²) < 4.78 is 2.95. The van der Waals surface area contributed by atoms with Gasteiger partial charge in [-0.25, -0.2) is 4.98 Å². The Morgan fingerprint density at radius 2 is 1.81 bits per heavy atom. The lowest BCUT2D eigenvalue weighted by molar-refractivity contribution is 1.10. The summed E-state index contributed by atoms with van der Waals surface area (Å²) in [4.78, 5) is 8.86. The molecule has 4 rings (SSSR count). The van der Waals surface area contributed by atoms with Crippen molar-refractivity contribution in [3.63, 3.8) is 0 Å². The molecule has 0 amide bonds. The van der Waals surface area contributed by atoms with Gasteiger partial charge in [0.15, 0.2) is 0 Å². The highest BCUT2D eigenvalue weighted by Gasteiger charge is 2.14. The van der Waals surface area contributed by atoms with Gasteiger partial charge in [0.2, 0.25) is 5.28 Å². The molecule has 0 fully saturated rings. The van der Waals surface area contributed by atoms with Crippen molar-refractivity contribution in [3.05, 3.63) is 64.5 Å². The molecule has 0 N–H and O–H groups in total. The lowest BCUT2D eigenvalue weighted by atomic mass is 10.2. The number of hydrogen-bond donors (Lipinski definition) is 0. The second kappa shape index (κ2) is 4.83. The Kier molecular flexibility index (Phi) is 2.94. The van der Waals surface area contributed by atoms with Crippen LogP contribution < -0.4 is 0 Å². The number of para-hydroxylation sites is 1. The normalized spacial score (nSPS) is 11.3. The van der Waals surface area contributed by atoms with E-state index in [0.717, 1.165) is 32.1 Å². The highest BCUT2D eigenvalue weighted by atomic mass is 79.9. The second-order valence-electron chi connectivity index (χ2n) is 4.71. The molecule has 0 unspecified atom stereocenters. The topological polar surface area (TPSA) is 30.7 Å². The molecule has 4 aromatic rings. The molecule has 5 heteroatoms. The van der Waals surface area contributed by atoms with E-state index in [1.165, 1.54) is 0 Å². The van der Waals surface area contributed by atoms with E-state index in [9.17, 15) is 0 Å². The number of imidazole rings is 1. The first-order valence-corrected chi connectivity index (χ1v) is 7.59. The van der Waals surface area contributed by atoms with E-state index >= 15 is 0 Å². The molecule has 3 nitrogen and oxygen atoms in total. The smallest absolute Gasteiger partial charge is 0.208 e. The van der Waals surface area contributed by atoms with E-state index in [-0.39, 0.29) is 0 Å². The molecule has 0 aliphatic carbocycles. The van der Waals surface area contributed by atoms with Crippen LogP contribution in [0.15, 0.2) is 59.2 Å². The van der Waals surface area contributed by atoms with Gasteiger partial charge in [0, 0.05) is 15.5 Å². The van der Waals surface area contributed by atoms with Crippen molar-refractivity contribution in [1.29, 1.82) is 0 Å². The lowest BCUT2D eigenvalue weighted by Gasteiger charge is -2.07. The van der Waals surface area contributed by atoms with Crippen molar-refractivity contribution in [3.8, 4) is 5.69 Å². The maximum Gasteiger partial charge on any atom is 0.208 e. The molecule has 102 valence electrons. The average molecular weight is 359 g/mol. The standard InChI is InChI=1S/C16H9BrClN3/c17-10-6-7-13-12(8-10)15-14(9-19-13)20-16(18)21(15)11-4-2-1-3-5-11/h1-9H. The van der Waals surface area contributed by atoms with Crippen LogP contribution in [-0.2, 0) is 0 Å². The van der Waals surface area contributed by atoms with E-state index < -0.39 is 0 Å². The first-order chi connectivity index (χ1) is 10.2. The molecule has 0 atom stereocenters. The van der Waals surface area contributed by atoms with Crippen LogP contribution in [0.5, 0.6) is 0 Å². The summed E-state index contributed by atoms with van der Waals surface area (Å²) in [6.07, 6.45) is 1.76. The van der Waals surface area contributed by atoms with Gasteiger partial charge in [-0.15, -0.1) is 0 Å². The zero-order chi connectivity index (χ0) is 14.4. The minimum absolute atomic E-state index is 0.436. The third kappa shape index (κ3) is 2.03. The van der Waals surface area contributed by atoms with Gasteiger partial charge in [-0.1, -0.05) is 34.1 Å². The highest BCUT2D eigenvalue weighted by Crippen LogP contribution is 2.31. The monoisotopic (exact) mass is 357 g/mol. The summed E-state index contributed by atoms with van der Waals surface area (Å²) in [6.45, 7) is 0. The largest absolute Gasteiger partial charge is 0.282 e. The zero-order valence-electron chi connectivity index (χ0n) is 10.8. The van der Waals surface area contributed by atoms with Crippen LogP contribution in [0.2, 0.25) is 5.28 Å². The summed E-state index contributed by atoms with van der Waals surface area (Å²) in [5, 5.41) is 1.45. The fourth-order valence-corrected chi connectivity index (χ4v) is 3.15. The summed E-state index contributed by atoms with van der Waals surface area (Å²) in [7, 11) is 0. The van der Waals surface area contributed by atoms with Gasteiger partial charge in [0.1, 0.15) is 5.52 Å². The van der Waals surface area contributed by atoms with E-state index in [4.69, 9.17) is 11.6 Å². The third-order valence-electron chi connectivity index (χ3n) is 3.42. The van der Waals surface area contributed by atoms with Crippen LogP contribution in [0.4, 0.5) is 0 Å². The van der Waals surface area contributed by atoms with Gasteiger partial charge >= 0.3 is 0 Å². The molecule has 2 heterocycles. The SMILES string of the molecule is Clc1nc2cnc3ccc(Br)cc3c2n1-c1ccccc1. The summed E-state index contributed by atoms with van der Waals surface area (Å²) in [5.74, 6) is 0. The zero-order valence-corrected chi connectivity index (χ0v) is 13.1. The number of hydrogen-bond acceptors (Lipinski definition) is 2. The van der Waals surface area contributed by atoms with Crippen molar-refractivity contribution in [1.82, 2.24) is 14.5 Å². The van der Waals surface area contributed by atoms with E-state index in [1.807, 2.05) is 53.1 Å². The fraction of sp³-hybridized carbons (Fsp3) is 0. The summed E-state index contributed by atoms with van der Waals surface area (Å²) in [6, 6.07) is 16.0. The number of pyridine rings is 1. The Hall–Kier alpha value is -1.91. The molecule has 0 saturated heterocycles. The van der Waals surface area contributed by atoms with E-state index in [2.05, 4.69) is 25.9 Å². The highest BCUT2D eigenvalue weighted by molar-refractivity contribution is 9.10. The van der Waals surface area contributed by atoms with Crippen LogP contribution in [0.25, 0.3) is 27.6 Å². The van der Waals surface area contributed by atoms with Crippen molar-refractivity contribution in [2.75, 3.05) is 0 Å². The summed E-state index contributed by atoms with van der Waals surface area (Å²) >= 11 is 9.87. The van der Waals surface area contributed by atoms with Crippen molar-refractivity contribution < 1.29 is 0 Å². The van der Waals surface area contributed by atoms with E-state index in [1.54, 1.807) is 6.20 Å². The molecule has 21 heavy (non-hydrogen) atoms. The van der Waals surface area contributed by atoms with Crippen LogP contribution in [0.1, 0.15) is 0 Å². The van der Waals surface area contributed by atoms with Crippen LogP contribution in [-0.4, -0.2) is 14.5 Å². The molecule has 0 aliphatic rings. The molecular weight excluding hydrogens is 350 g/mol. The lowest BCUT2D eigenvalue weighted by Crippen LogP contribution is -1.94. The molecule has 0 spiro atoms. The fourth-order valence-electron chi connectivity index (χ4n) is 2.51. The van der Waals surface area contributed by atoms with Gasteiger partial charge in [0.25, 0.3) is 0 Å². The minimum Gasteiger partial charge on any atom is -0.282 e. The first-order valence-electron chi connectivity index (χ1n) is 6.42. The number of halogens is 2. The maximum atomic E-state index is 6.35. The van der Waals surface area contributed by atoms with Gasteiger partial charge in [-0.2, -0.15) is 0 Å². The number of rotatable bonds is 1. The molecule has 2 aromatic heterocycles. The minimum atomic E-state index is 0.436. The second-order valence-corrected chi connectivity index (χ2v) is 5.96. The van der Waals surface area contributed by atoms with E-state index in [0.29, 0.717) is 5.28 Å². The Morgan fingerprint density at radius 3 is 2.62 bits per heavy atom. The Morgan fingerprint density at radius 1 is 1.00 bits per heavy atom. The van der Waals surface area contributed by atoms with Gasteiger partial charge in [-0.3, -0.25) is 9.55 Å². The molecule has 0 saturated carbocycles. The Labute approximate surface area is 134 Å². The van der Waals surface area contributed by atoms with Crippen molar-refractivity contribution in [2.24, 2.45) is 0 Å². The van der Waals surface area contributed by atoms with Gasteiger partial charge in [-0.05, 0) is 41.9 Å². The molecular formula is C16H9BrClN3.